The highest BCUT2D eigenvalue weighted by molar-refractivity contribution is 7.92. The quantitative estimate of drug-likeness (QED) is 0.495. The van der Waals surface area contributed by atoms with Gasteiger partial charge in [0.1, 0.15) is 12.6 Å². The first-order chi connectivity index (χ1) is 15.8. The third-order valence-electron chi connectivity index (χ3n) is 5.27. The number of anilines is 1. The van der Waals surface area contributed by atoms with Crippen LogP contribution in [0.1, 0.15) is 38.3 Å². The van der Waals surface area contributed by atoms with Gasteiger partial charge in [-0.05, 0) is 62.6 Å². The van der Waals surface area contributed by atoms with Gasteiger partial charge in [-0.3, -0.25) is 13.9 Å². The first-order valence-corrected chi connectivity index (χ1v) is 13.5. The molecule has 0 spiro atoms. The Morgan fingerprint density at radius 2 is 1.68 bits per heavy atom. The molecule has 1 N–H and O–H groups in total. The van der Waals surface area contributed by atoms with Gasteiger partial charge in [0.25, 0.3) is 0 Å². The number of benzene rings is 2. The summed E-state index contributed by atoms with van der Waals surface area (Å²) in [4.78, 5) is 28.0. The van der Waals surface area contributed by atoms with Crippen molar-refractivity contribution in [2.75, 3.05) is 17.1 Å². The van der Waals surface area contributed by atoms with Crippen molar-refractivity contribution in [3.63, 3.8) is 0 Å². The first-order valence-electron chi connectivity index (χ1n) is 10.9. The lowest BCUT2D eigenvalue weighted by Gasteiger charge is -2.33. The minimum Gasteiger partial charge on any atom is -0.352 e. The number of carbonyl (C=O) groups is 2. The highest BCUT2D eigenvalue weighted by Crippen LogP contribution is 2.28. The number of nitrogens with one attached hydrogen (secondary N) is 1. The van der Waals surface area contributed by atoms with Crippen molar-refractivity contribution in [1.82, 2.24) is 10.2 Å². The van der Waals surface area contributed by atoms with Crippen LogP contribution < -0.4 is 9.62 Å². The average Bonchev–Trinajstić information content (AvgIpc) is 2.74. The van der Waals surface area contributed by atoms with E-state index in [1.165, 1.54) is 4.90 Å². The molecule has 34 heavy (non-hydrogen) atoms. The summed E-state index contributed by atoms with van der Waals surface area (Å²) in [6, 6.07) is 10.9. The fourth-order valence-corrected chi connectivity index (χ4v) is 4.74. The summed E-state index contributed by atoms with van der Waals surface area (Å²) in [6.07, 6.45) is 1.39. The lowest BCUT2D eigenvalue weighted by atomic mass is 10.1. The van der Waals surface area contributed by atoms with E-state index in [0.29, 0.717) is 27.7 Å². The number of nitrogens with zero attached hydrogens (tertiary/aromatic N) is 2. The van der Waals surface area contributed by atoms with E-state index in [1.807, 2.05) is 20.8 Å². The SMILES string of the molecule is CC[C@H](C(=O)NC(C)C)N(Cc1ccc(Cl)cc1)C(=O)CN(c1cccc(Cl)c1C)S(C)(=O)=O. The van der Waals surface area contributed by atoms with Crippen LogP contribution in [0.5, 0.6) is 0 Å². The summed E-state index contributed by atoms with van der Waals surface area (Å²) < 4.78 is 26.4. The second kappa shape index (κ2) is 11.9. The van der Waals surface area contributed by atoms with Gasteiger partial charge in [0.05, 0.1) is 11.9 Å². The van der Waals surface area contributed by atoms with Crippen LogP contribution in [0, 0.1) is 6.92 Å². The van der Waals surface area contributed by atoms with E-state index in [9.17, 15) is 18.0 Å². The molecule has 2 aromatic carbocycles. The molecule has 0 aliphatic heterocycles. The zero-order valence-corrected chi connectivity index (χ0v) is 22.3. The van der Waals surface area contributed by atoms with Crippen LogP contribution in [0.4, 0.5) is 5.69 Å². The van der Waals surface area contributed by atoms with Crippen LogP contribution >= 0.6 is 23.2 Å². The van der Waals surface area contributed by atoms with Crippen molar-refractivity contribution < 1.29 is 18.0 Å². The van der Waals surface area contributed by atoms with E-state index in [4.69, 9.17) is 23.2 Å². The highest BCUT2D eigenvalue weighted by atomic mass is 35.5. The monoisotopic (exact) mass is 527 g/mol. The minimum atomic E-state index is -3.83. The van der Waals surface area contributed by atoms with E-state index in [2.05, 4.69) is 5.32 Å². The standard InChI is InChI=1S/C24H31Cl2N3O4S/c1-6-21(24(31)27-16(2)3)28(14-18-10-12-19(25)13-11-18)23(30)15-29(34(5,32)33)22-9-7-8-20(26)17(22)4/h7-13,16,21H,6,14-15H2,1-5H3,(H,27,31)/t21-/m1/s1. The van der Waals surface area contributed by atoms with E-state index in [1.54, 1.807) is 49.4 Å². The van der Waals surface area contributed by atoms with Crippen molar-refractivity contribution in [2.45, 2.75) is 52.7 Å². The van der Waals surface area contributed by atoms with Crippen LogP contribution in [-0.2, 0) is 26.2 Å². The molecule has 0 fully saturated rings. The average molecular weight is 529 g/mol. The summed E-state index contributed by atoms with van der Waals surface area (Å²) in [5, 5.41) is 3.79. The molecule has 0 aromatic heterocycles. The molecule has 0 radical (unpaired) electrons. The second-order valence-corrected chi connectivity index (χ2v) is 11.1. The van der Waals surface area contributed by atoms with Gasteiger partial charge in [-0.15, -0.1) is 0 Å². The van der Waals surface area contributed by atoms with Crippen LogP contribution in [0.25, 0.3) is 0 Å². The molecule has 2 amide bonds. The number of sulfonamides is 1. The van der Waals surface area contributed by atoms with Crippen LogP contribution in [0.3, 0.4) is 0 Å². The predicted molar refractivity (Wildman–Crippen MR) is 138 cm³/mol. The smallest absolute Gasteiger partial charge is 0.244 e. The van der Waals surface area contributed by atoms with E-state index < -0.39 is 28.5 Å². The van der Waals surface area contributed by atoms with Crippen molar-refractivity contribution in [3.8, 4) is 0 Å². The zero-order chi connectivity index (χ0) is 25.6. The van der Waals surface area contributed by atoms with Gasteiger partial charge < -0.3 is 10.2 Å². The minimum absolute atomic E-state index is 0.115. The Labute approximate surface area is 212 Å². The van der Waals surface area contributed by atoms with Gasteiger partial charge in [-0.2, -0.15) is 0 Å². The molecule has 186 valence electrons. The molecular weight excluding hydrogens is 497 g/mol. The third kappa shape index (κ3) is 7.35. The van der Waals surface area contributed by atoms with E-state index in [0.717, 1.165) is 16.1 Å². The van der Waals surface area contributed by atoms with Crippen LogP contribution in [-0.4, -0.2) is 50.0 Å². The Kier molecular flexibility index (Phi) is 9.79. The molecule has 0 unspecified atom stereocenters. The Morgan fingerprint density at radius 3 is 2.21 bits per heavy atom. The van der Waals surface area contributed by atoms with Crippen molar-refractivity contribution in [2.24, 2.45) is 0 Å². The summed E-state index contributed by atoms with van der Waals surface area (Å²) in [6.45, 7) is 6.82. The molecule has 0 saturated carbocycles. The van der Waals surface area contributed by atoms with Crippen molar-refractivity contribution in [3.05, 3.63) is 63.6 Å². The van der Waals surface area contributed by atoms with Crippen LogP contribution in [0.15, 0.2) is 42.5 Å². The molecule has 0 aliphatic rings. The Bertz CT molecular complexity index is 1120. The number of rotatable bonds is 10. The molecule has 2 aromatic rings. The van der Waals surface area contributed by atoms with Gasteiger partial charge in [0, 0.05) is 22.6 Å². The van der Waals surface area contributed by atoms with E-state index in [-0.39, 0.29) is 18.5 Å². The molecule has 2 rings (SSSR count). The maximum Gasteiger partial charge on any atom is 0.244 e. The Hall–Kier alpha value is -2.29. The maximum atomic E-state index is 13.6. The van der Waals surface area contributed by atoms with Gasteiger partial charge in [0.2, 0.25) is 21.8 Å². The third-order valence-corrected chi connectivity index (χ3v) is 7.06. The molecular formula is C24H31Cl2N3O4S. The number of halogens is 2. The van der Waals surface area contributed by atoms with E-state index >= 15 is 0 Å². The molecule has 0 saturated heterocycles. The normalized spacial score (nSPS) is 12.4. The lowest BCUT2D eigenvalue weighted by molar-refractivity contribution is -0.140. The second-order valence-electron chi connectivity index (χ2n) is 8.39. The summed E-state index contributed by atoms with van der Waals surface area (Å²) in [5.74, 6) is -0.810. The van der Waals surface area contributed by atoms with Gasteiger partial charge in [0.15, 0.2) is 0 Å². The van der Waals surface area contributed by atoms with Gasteiger partial charge >= 0.3 is 0 Å². The number of hydrogen-bond acceptors (Lipinski definition) is 4. The molecule has 0 aliphatic carbocycles. The first kappa shape index (κ1) is 28.0. The Balaban J connectivity index is 2.48. The topological polar surface area (TPSA) is 86.8 Å². The highest BCUT2D eigenvalue weighted by Gasteiger charge is 2.32. The van der Waals surface area contributed by atoms with Crippen LogP contribution in [0.2, 0.25) is 10.0 Å². The Morgan fingerprint density at radius 1 is 1.06 bits per heavy atom. The molecule has 0 heterocycles. The van der Waals surface area contributed by atoms with Gasteiger partial charge in [-0.1, -0.05) is 48.3 Å². The number of amides is 2. The lowest BCUT2D eigenvalue weighted by Crippen LogP contribution is -2.53. The number of carbonyl (C=O) groups excluding carboxylic acids is 2. The number of hydrogen-bond donors (Lipinski definition) is 1. The maximum absolute atomic E-state index is 13.6. The molecule has 7 nitrogen and oxygen atoms in total. The summed E-state index contributed by atoms with van der Waals surface area (Å²) in [5.41, 5.74) is 1.61. The molecule has 0 bridgehead atoms. The zero-order valence-electron chi connectivity index (χ0n) is 20.0. The van der Waals surface area contributed by atoms with Gasteiger partial charge in [-0.25, -0.2) is 8.42 Å². The van der Waals surface area contributed by atoms with Crippen molar-refractivity contribution >= 4 is 50.7 Å². The fourth-order valence-electron chi connectivity index (χ4n) is 3.55. The summed E-state index contributed by atoms with van der Waals surface area (Å²) >= 11 is 12.2. The predicted octanol–water partition coefficient (Wildman–Crippen LogP) is 4.40. The molecule has 1 atom stereocenters. The largest absolute Gasteiger partial charge is 0.352 e. The van der Waals surface area contributed by atoms with Crippen molar-refractivity contribution in [1.29, 1.82) is 0 Å². The summed E-state index contributed by atoms with van der Waals surface area (Å²) in [7, 11) is -3.83. The molecule has 10 heteroatoms. The fraction of sp³-hybridized carbons (Fsp3) is 0.417.